The summed E-state index contributed by atoms with van der Waals surface area (Å²) in [7, 11) is 0. The molecule has 182 valence electrons. The molecule has 3 aliphatic rings. The number of benzene rings is 1. The minimum Gasteiger partial charge on any atom is -0.376 e. The maximum absolute atomic E-state index is 15.0. The molecule has 6 rings (SSSR count). The number of anilines is 3. The molecule has 10 heteroatoms. The summed E-state index contributed by atoms with van der Waals surface area (Å²) in [5, 5.41) is 16.8. The van der Waals surface area contributed by atoms with Gasteiger partial charge in [0.15, 0.2) is 17.0 Å². The zero-order valence-corrected chi connectivity index (χ0v) is 20.0. The molecular formula is C25H29FN8O. The monoisotopic (exact) mass is 476 g/mol. The number of rotatable bonds is 2. The number of nitrogens with zero attached hydrogens (tertiary/aromatic N) is 6. The number of nitrogens with one attached hydrogen (secondary N) is 1. The van der Waals surface area contributed by atoms with Crippen molar-refractivity contribution in [2.24, 2.45) is 11.1 Å². The van der Waals surface area contributed by atoms with Gasteiger partial charge >= 0.3 is 0 Å². The predicted molar refractivity (Wildman–Crippen MR) is 130 cm³/mol. The van der Waals surface area contributed by atoms with E-state index in [2.05, 4.69) is 22.0 Å². The van der Waals surface area contributed by atoms with E-state index in [9.17, 15) is 5.26 Å². The summed E-state index contributed by atoms with van der Waals surface area (Å²) < 4.78 is 20.9. The number of aromatic nitrogens is 4. The molecule has 0 unspecified atom stereocenters. The van der Waals surface area contributed by atoms with Crippen LogP contribution >= 0.6 is 0 Å². The summed E-state index contributed by atoms with van der Waals surface area (Å²) in [6.45, 7) is 7.15. The summed E-state index contributed by atoms with van der Waals surface area (Å²) in [5.74, 6) is 0.999. The van der Waals surface area contributed by atoms with Gasteiger partial charge in [-0.15, -0.1) is 0 Å². The van der Waals surface area contributed by atoms with E-state index in [-0.39, 0.29) is 29.0 Å². The SMILES string of the molecule is C[C@@H]1CCN(c2n[nH]c3nc(N4CCC5(CC4)CO[C@@H](C)[C@H]5N)cnc23)c2ccc(C#N)c(F)c21. The van der Waals surface area contributed by atoms with E-state index in [1.807, 2.05) is 17.9 Å². The zero-order chi connectivity index (χ0) is 24.3. The van der Waals surface area contributed by atoms with Crippen molar-refractivity contribution in [2.45, 2.75) is 51.2 Å². The van der Waals surface area contributed by atoms with Gasteiger partial charge < -0.3 is 20.3 Å². The Morgan fingerprint density at radius 1 is 1.26 bits per heavy atom. The molecule has 2 fully saturated rings. The fourth-order valence-electron chi connectivity index (χ4n) is 5.96. The number of hydrogen-bond acceptors (Lipinski definition) is 8. The van der Waals surface area contributed by atoms with Crippen LogP contribution in [0.2, 0.25) is 0 Å². The Hall–Kier alpha value is -3.29. The Kier molecular flexibility index (Phi) is 5.16. The Labute approximate surface area is 203 Å². The molecule has 3 N–H and O–H groups in total. The molecule has 5 heterocycles. The van der Waals surface area contributed by atoms with Gasteiger partial charge in [-0.25, -0.2) is 14.4 Å². The quantitative estimate of drug-likeness (QED) is 0.578. The summed E-state index contributed by atoms with van der Waals surface area (Å²) in [5.41, 5.74) is 9.10. The normalized spacial score (nSPS) is 25.7. The summed E-state index contributed by atoms with van der Waals surface area (Å²) in [6, 6.07) is 5.35. The molecular weight excluding hydrogens is 447 g/mol. The van der Waals surface area contributed by atoms with Crippen molar-refractivity contribution >= 4 is 28.5 Å². The van der Waals surface area contributed by atoms with Crippen LogP contribution in [-0.2, 0) is 4.74 Å². The van der Waals surface area contributed by atoms with Crippen LogP contribution in [-0.4, -0.2) is 58.6 Å². The lowest BCUT2D eigenvalue weighted by Crippen LogP contribution is -2.50. The van der Waals surface area contributed by atoms with Gasteiger partial charge in [-0.3, -0.25) is 5.10 Å². The van der Waals surface area contributed by atoms with E-state index in [1.54, 1.807) is 12.3 Å². The Bertz CT molecular complexity index is 1320. The lowest BCUT2D eigenvalue weighted by molar-refractivity contribution is 0.0974. The van der Waals surface area contributed by atoms with Crippen LogP contribution in [0.1, 0.15) is 50.2 Å². The second-order valence-corrected chi connectivity index (χ2v) is 10.2. The largest absolute Gasteiger partial charge is 0.376 e. The highest BCUT2D eigenvalue weighted by molar-refractivity contribution is 5.88. The number of ether oxygens (including phenoxy) is 1. The molecule has 2 aromatic heterocycles. The number of H-pyrrole nitrogens is 1. The third-order valence-corrected chi connectivity index (χ3v) is 8.27. The first-order valence-electron chi connectivity index (χ1n) is 12.2. The molecule has 0 bridgehead atoms. The van der Waals surface area contributed by atoms with Crippen molar-refractivity contribution in [1.82, 2.24) is 20.2 Å². The fraction of sp³-hybridized carbons (Fsp3) is 0.520. The molecule has 3 aromatic rings. The first-order valence-corrected chi connectivity index (χ1v) is 12.2. The van der Waals surface area contributed by atoms with Gasteiger partial charge in [0.1, 0.15) is 17.7 Å². The highest BCUT2D eigenvalue weighted by Crippen LogP contribution is 2.43. The lowest BCUT2D eigenvalue weighted by Gasteiger charge is -2.41. The molecule has 0 saturated carbocycles. The maximum atomic E-state index is 15.0. The van der Waals surface area contributed by atoms with Gasteiger partial charge in [-0.1, -0.05) is 6.92 Å². The van der Waals surface area contributed by atoms with Crippen molar-refractivity contribution in [1.29, 1.82) is 5.26 Å². The highest BCUT2D eigenvalue weighted by Gasteiger charge is 2.47. The number of piperidine rings is 1. The van der Waals surface area contributed by atoms with Gasteiger partial charge in [0, 0.05) is 42.3 Å². The molecule has 1 spiro atoms. The van der Waals surface area contributed by atoms with Gasteiger partial charge in [-0.05, 0) is 44.2 Å². The number of aromatic amines is 1. The number of nitrogens with two attached hydrogens (primary N) is 1. The second kappa shape index (κ2) is 8.14. The van der Waals surface area contributed by atoms with Crippen molar-refractivity contribution in [3.63, 3.8) is 0 Å². The van der Waals surface area contributed by atoms with Crippen LogP contribution in [0.15, 0.2) is 18.3 Å². The van der Waals surface area contributed by atoms with Crippen LogP contribution in [0.5, 0.6) is 0 Å². The minimum atomic E-state index is -0.444. The highest BCUT2D eigenvalue weighted by atomic mass is 19.1. The van der Waals surface area contributed by atoms with E-state index in [4.69, 9.17) is 20.4 Å². The van der Waals surface area contributed by atoms with Gasteiger partial charge in [0.25, 0.3) is 0 Å². The van der Waals surface area contributed by atoms with E-state index >= 15 is 4.39 Å². The molecule has 2 saturated heterocycles. The minimum absolute atomic E-state index is 0.0150. The summed E-state index contributed by atoms with van der Waals surface area (Å²) in [6.07, 6.45) is 4.57. The van der Waals surface area contributed by atoms with Crippen LogP contribution in [0, 0.1) is 22.6 Å². The molecule has 0 amide bonds. The smallest absolute Gasteiger partial charge is 0.183 e. The molecule has 35 heavy (non-hydrogen) atoms. The number of hydrogen-bond donors (Lipinski definition) is 2. The van der Waals surface area contributed by atoms with E-state index in [1.165, 1.54) is 6.07 Å². The van der Waals surface area contributed by atoms with E-state index in [0.29, 0.717) is 29.1 Å². The van der Waals surface area contributed by atoms with Gasteiger partial charge in [0.05, 0.1) is 24.5 Å². The summed E-state index contributed by atoms with van der Waals surface area (Å²) >= 11 is 0. The van der Waals surface area contributed by atoms with Crippen molar-refractivity contribution in [3.8, 4) is 6.07 Å². The third kappa shape index (κ3) is 3.37. The standard InChI is InChI=1S/C25H29FN8O/c1-14-5-8-34(17-4-3-16(11-27)20(26)19(14)17)24-21-23(31-32-24)30-18(12-29-21)33-9-6-25(7-10-33)13-35-15(2)22(25)28/h3-4,12,14-15,22H,5-10,13,28H2,1-2H3,(H,30,31,32)/t14-,15+,22-/m1/s1. The molecule has 3 aliphatic heterocycles. The molecule has 3 atom stereocenters. The second-order valence-electron chi connectivity index (χ2n) is 10.2. The third-order valence-electron chi connectivity index (χ3n) is 8.27. The predicted octanol–water partition coefficient (Wildman–Crippen LogP) is 3.34. The number of fused-ring (bicyclic) bond motifs is 2. The Morgan fingerprint density at radius 2 is 2.06 bits per heavy atom. The van der Waals surface area contributed by atoms with Crippen molar-refractivity contribution in [2.75, 3.05) is 36.0 Å². The van der Waals surface area contributed by atoms with Crippen molar-refractivity contribution in [3.05, 3.63) is 35.3 Å². The van der Waals surface area contributed by atoms with Crippen LogP contribution in [0.25, 0.3) is 11.2 Å². The van der Waals surface area contributed by atoms with Gasteiger partial charge in [-0.2, -0.15) is 10.4 Å². The Morgan fingerprint density at radius 3 is 2.77 bits per heavy atom. The topological polar surface area (TPSA) is 120 Å². The Balaban J connectivity index is 1.28. The van der Waals surface area contributed by atoms with Crippen LogP contribution in [0.4, 0.5) is 21.7 Å². The lowest BCUT2D eigenvalue weighted by atomic mass is 9.73. The summed E-state index contributed by atoms with van der Waals surface area (Å²) in [4.78, 5) is 13.8. The molecule has 0 aliphatic carbocycles. The first kappa shape index (κ1) is 22.2. The van der Waals surface area contributed by atoms with Crippen LogP contribution in [0.3, 0.4) is 0 Å². The number of nitriles is 1. The average Bonchev–Trinajstić information content (AvgIpc) is 3.41. The molecule has 1 aromatic carbocycles. The molecule has 9 nitrogen and oxygen atoms in total. The van der Waals surface area contributed by atoms with Crippen molar-refractivity contribution < 1.29 is 9.13 Å². The van der Waals surface area contributed by atoms with Gasteiger partial charge in [0.2, 0.25) is 0 Å². The first-order chi connectivity index (χ1) is 16.9. The molecule has 0 radical (unpaired) electrons. The average molecular weight is 477 g/mol. The van der Waals surface area contributed by atoms with E-state index < -0.39 is 5.82 Å². The maximum Gasteiger partial charge on any atom is 0.183 e. The zero-order valence-electron chi connectivity index (χ0n) is 20.0. The fourth-order valence-corrected chi connectivity index (χ4v) is 5.96. The van der Waals surface area contributed by atoms with E-state index in [0.717, 1.165) is 50.5 Å². The van der Waals surface area contributed by atoms with Crippen LogP contribution < -0.4 is 15.5 Å². The number of halogens is 1.